The van der Waals surface area contributed by atoms with Gasteiger partial charge in [-0.15, -0.1) is 0 Å². The van der Waals surface area contributed by atoms with E-state index in [0.29, 0.717) is 17.6 Å². The van der Waals surface area contributed by atoms with Gasteiger partial charge in [-0.2, -0.15) is 0 Å². The van der Waals surface area contributed by atoms with Crippen LogP contribution in [0.1, 0.15) is 53.4 Å². The van der Waals surface area contributed by atoms with Crippen molar-refractivity contribution in [2.24, 2.45) is 5.41 Å². The quantitative estimate of drug-likeness (QED) is 0.697. The summed E-state index contributed by atoms with van der Waals surface area (Å²) in [7, 11) is 2.25. The van der Waals surface area contributed by atoms with E-state index in [1.165, 1.54) is 32.2 Å². The van der Waals surface area contributed by atoms with Crippen LogP contribution in [0, 0.1) is 5.41 Å². The van der Waals surface area contributed by atoms with Crippen LogP contribution in [0.25, 0.3) is 0 Å². The molecule has 0 bridgehead atoms. The Morgan fingerprint density at radius 1 is 1.32 bits per heavy atom. The Hall–Kier alpha value is -0.120. The van der Waals surface area contributed by atoms with Crippen LogP contribution >= 0.6 is 0 Å². The summed E-state index contributed by atoms with van der Waals surface area (Å²) in [5.41, 5.74) is 0.400. The lowest BCUT2D eigenvalue weighted by Gasteiger charge is -2.37. The van der Waals surface area contributed by atoms with Gasteiger partial charge in [0.1, 0.15) is 0 Å². The van der Waals surface area contributed by atoms with Crippen LogP contribution in [0.4, 0.5) is 0 Å². The average molecular weight is 270 g/mol. The molecule has 1 aliphatic rings. The molecule has 19 heavy (non-hydrogen) atoms. The molecule has 0 aromatic heterocycles. The molecule has 1 aliphatic heterocycles. The zero-order chi connectivity index (χ0) is 14.3. The van der Waals surface area contributed by atoms with Gasteiger partial charge >= 0.3 is 0 Å². The second-order valence-corrected chi connectivity index (χ2v) is 6.57. The molecular weight excluding hydrogens is 236 g/mol. The van der Waals surface area contributed by atoms with E-state index < -0.39 is 0 Å². The lowest BCUT2D eigenvalue weighted by atomic mass is 9.81. The van der Waals surface area contributed by atoms with Crippen molar-refractivity contribution < 1.29 is 4.74 Å². The van der Waals surface area contributed by atoms with Crippen LogP contribution in [0.3, 0.4) is 0 Å². The van der Waals surface area contributed by atoms with E-state index in [1.807, 2.05) is 0 Å². The minimum absolute atomic E-state index is 0.400. The topological polar surface area (TPSA) is 24.5 Å². The Labute approximate surface area is 120 Å². The smallest absolute Gasteiger partial charge is 0.0702 e. The molecule has 1 atom stereocenters. The van der Waals surface area contributed by atoms with Gasteiger partial charge in [0.05, 0.1) is 6.10 Å². The summed E-state index contributed by atoms with van der Waals surface area (Å²) in [6.45, 7) is 13.4. The van der Waals surface area contributed by atoms with Gasteiger partial charge in [-0.05, 0) is 38.1 Å². The summed E-state index contributed by atoms with van der Waals surface area (Å²) >= 11 is 0. The van der Waals surface area contributed by atoms with E-state index in [4.69, 9.17) is 4.74 Å². The number of hydrogen-bond donors (Lipinski definition) is 1. The minimum atomic E-state index is 0.400. The summed E-state index contributed by atoms with van der Waals surface area (Å²) < 4.78 is 5.75. The third-order valence-corrected chi connectivity index (χ3v) is 4.53. The summed E-state index contributed by atoms with van der Waals surface area (Å²) in [6.07, 6.45) is 5.41. The van der Waals surface area contributed by atoms with E-state index in [2.05, 4.69) is 45.0 Å². The molecule has 0 amide bonds. The Kier molecular flexibility index (Phi) is 7.33. The Bertz CT molecular complexity index is 233. The molecule has 1 heterocycles. The van der Waals surface area contributed by atoms with E-state index in [0.717, 1.165) is 19.7 Å². The summed E-state index contributed by atoms with van der Waals surface area (Å²) in [6, 6.07) is 0.570. The molecule has 1 fully saturated rings. The van der Waals surface area contributed by atoms with Crippen molar-refractivity contribution in [3.05, 3.63) is 0 Å². The Morgan fingerprint density at radius 3 is 2.47 bits per heavy atom. The van der Waals surface area contributed by atoms with E-state index in [9.17, 15) is 0 Å². The molecule has 0 aromatic carbocycles. The van der Waals surface area contributed by atoms with E-state index in [-0.39, 0.29) is 0 Å². The fourth-order valence-corrected chi connectivity index (χ4v) is 2.97. The largest absolute Gasteiger partial charge is 0.377 e. The highest BCUT2D eigenvalue weighted by atomic mass is 16.5. The first-order chi connectivity index (χ1) is 9.01. The van der Waals surface area contributed by atoms with Crippen LogP contribution in [-0.4, -0.2) is 50.3 Å². The van der Waals surface area contributed by atoms with Crippen molar-refractivity contribution >= 4 is 0 Å². The fraction of sp³-hybridized carbons (Fsp3) is 1.00. The first kappa shape index (κ1) is 16.9. The molecular formula is C16H34N2O. The van der Waals surface area contributed by atoms with Crippen molar-refractivity contribution in [3.8, 4) is 0 Å². The number of rotatable bonds is 9. The summed E-state index contributed by atoms with van der Waals surface area (Å²) in [4.78, 5) is 2.48. The molecule has 1 rings (SSSR count). The second-order valence-electron chi connectivity index (χ2n) is 6.57. The van der Waals surface area contributed by atoms with Crippen molar-refractivity contribution in [2.75, 3.05) is 33.3 Å². The molecule has 0 spiro atoms. The monoisotopic (exact) mass is 270 g/mol. The van der Waals surface area contributed by atoms with Crippen molar-refractivity contribution in [1.82, 2.24) is 10.2 Å². The molecule has 3 nitrogen and oxygen atoms in total. The van der Waals surface area contributed by atoms with Gasteiger partial charge in [0.2, 0.25) is 0 Å². The third kappa shape index (κ3) is 5.80. The molecule has 0 radical (unpaired) electrons. The highest BCUT2D eigenvalue weighted by Gasteiger charge is 2.29. The van der Waals surface area contributed by atoms with Crippen molar-refractivity contribution in [3.63, 3.8) is 0 Å². The van der Waals surface area contributed by atoms with Gasteiger partial charge in [0.15, 0.2) is 0 Å². The number of ether oxygens (including phenoxy) is 1. The standard InChI is InChI=1S/C16H34N2O/c1-6-16(7-2,12-17-14(3)4)13-18(5)11-15-9-8-10-19-15/h14-15,17H,6-13H2,1-5H3. The lowest BCUT2D eigenvalue weighted by Crippen LogP contribution is -2.45. The Balaban J connectivity index is 2.45. The highest BCUT2D eigenvalue weighted by molar-refractivity contribution is 4.84. The van der Waals surface area contributed by atoms with Crippen LogP contribution in [0.2, 0.25) is 0 Å². The SMILES string of the molecule is CCC(CC)(CNC(C)C)CN(C)CC1CCCO1. The van der Waals surface area contributed by atoms with Gasteiger partial charge in [-0.1, -0.05) is 27.7 Å². The molecule has 1 N–H and O–H groups in total. The van der Waals surface area contributed by atoms with Crippen LogP contribution in [0.5, 0.6) is 0 Å². The zero-order valence-corrected chi connectivity index (χ0v) is 13.7. The third-order valence-electron chi connectivity index (χ3n) is 4.53. The molecule has 0 aliphatic carbocycles. The van der Waals surface area contributed by atoms with Crippen LogP contribution < -0.4 is 5.32 Å². The van der Waals surface area contributed by atoms with Crippen LogP contribution in [0.15, 0.2) is 0 Å². The van der Waals surface area contributed by atoms with Gasteiger partial charge in [-0.25, -0.2) is 0 Å². The average Bonchev–Trinajstić information content (AvgIpc) is 2.87. The van der Waals surface area contributed by atoms with E-state index in [1.54, 1.807) is 0 Å². The number of hydrogen-bond acceptors (Lipinski definition) is 3. The van der Waals surface area contributed by atoms with E-state index >= 15 is 0 Å². The predicted octanol–water partition coefficient (Wildman–Crippen LogP) is 2.90. The maximum absolute atomic E-state index is 5.75. The summed E-state index contributed by atoms with van der Waals surface area (Å²) in [5.74, 6) is 0. The summed E-state index contributed by atoms with van der Waals surface area (Å²) in [5, 5.41) is 3.63. The van der Waals surface area contributed by atoms with Gasteiger partial charge in [0.25, 0.3) is 0 Å². The zero-order valence-electron chi connectivity index (χ0n) is 13.7. The van der Waals surface area contributed by atoms with Crippen LogP contribution in [-0.2, 0) is 4.74 Å². The lowest BCUT2D eigenvalue weighted by molar-refractivity contribution is 0.0616. The highest BCUT2D eigenvalue weighted by Crippen LogP contribution is 2.27. The molecule has 0 saturated carbocycles. The first-order valence-corrected chi connectivity index (χ1v) is 8.05. The molecule has 1 saturated heterocycles. The van der Waals surface area contributed by atoms with Crippen molar-refractivity contribution in [1.29, 1.82) is 0 Å². The van der Waals surface area contributed by atoms with Crippen molar-refractivity contribution in [2.45, 2.75) is 65.5 Å². The first-order valence-electron chi connectivity index (χ1n) is 8.05. The second kappa shape index (κ2) is 8.23. The normalized spacial score (nSPS) is 20.7. The maximum Gasteiger partial charge on any atom is 0.0702 e. The number of nitrogens with one attached hydrogen (secondary N) is 1. The Morgan fingerprint density at radius 2 is 2.00 bits per heavy atom. The molecule has 0 aromatic rings. The van der Waals surface area contributed by atoms with Gasteiger partial charge in [0, 0.05) is 32.3 Å². The molecule has 3 heteroatoms. The predicted molar refractivity (Wildman–Crippen MR) is 82.6 cm³/mol. The molecule has 1 unspecified atom stereocenters. The minimum Gasteiger partial charge on any atom is -0.377 e. The van der Waals surface area contributed by atoms with Gasteiger partial charge in [-0.3, -0.25) is 0 Å². The fourth-order valence-electron chi connectivity index (χ4n) is 2.97. The van der Waals surface area contributed by atoms with Gasteiger partial charge < -0.3 is 15.0 Å². The maximum atomic E-state index is 5.75. The number of nitrogens with zero attached hydrogens (tertiary/aromatic N) is 1. The number of likely N-dealkylation sites (N-methyl/N-ethyl adjacent to an activating group) is 1. The molecule has 114 valence electrons.